The van der Waals surface area contributed by atoms with Gasteiger partial charge in [0.15, 0.2) is 17.3 Å². The van der Waals surface area contributed by atoms with Crippen molar-refractivity contribution in [2.45, 2.75) is 33.1 Å². The lowest BCUT2D eigenvalue weighted by Gasteiger charge is -2.21. The third kappa shape index (κ3) is 5.50. The van der Waals surface area contributed by atoms with Gasteiger partial charge in [0.1, 0.15) is 13.2 Å². The summed E-state index contributed by atoms with van der Waals surface area (Å²) in [5.41, 5.74) is 2.49. The molecule has 0 unspecified atom stereocenters. The van der Waals surface area contributed by atoms with Crippen molar-refractivity contribution >= 4 is 23.1 Å². The number of Topliss-reactive ketones (excluding diaryl/α,β-unsaturated/α-hetero) is 1. The summed E-state index contributed by atoms with van der Waals surface area (Å²) in [6.07, 6.45) is 1.11. The number of fused-ring (bicyclic) bond motifs is 1. The van der Waals surface area contributed by atoms with E-state index in [-0.39, 0.29) is 11.7 Å². The standard InChI is InChI=1S/C23H28N2O4/c1-3-25(4-2)19-11-9-18(10-12-19)24-23(27)7-5-6-20(26)17-8-13-21-22(16-17)29-15-14-28-21/h8-13,16H,3-7,14-15H2,1-2H3,(H,24,27). The molecule has 154 valence electrons. The maximum Gasteiger partial charge on any atom is 0.224 e. The van der Waals surface area contributed by atoms with Crippen LogP contribution in [-0.4, -0.2) is 38.0 Å². The molecule has 2 aromatic rings. The molecule has 0 atom stereocenters. The summed E-state index contributed by atoms with van der Waals surface area (Å²) in [5.74, 6) is 1.18. The van der Waals surface area contributed by atoms with Crippen LogP contribution < -0.4 is 19.7 Å². The van der Waals surface area contributed by atoms with Gasteiger partial charge in [-0.15, -0.1) is 0 Å². The Hall–Kier alpha value is -3.02. The first-order chi connectivity index (χ1) is 14.1. The Balaban J connectivity index is 1.45. The summed E-state index contributed by atoms with van der Waals surface area (Å²) in [4.78, 5) is 26.8. The highest BCUT2D eigenvalue weighted by atomic mass is 16.6. The molecule has 3 rings (SSSR count). The lowest BCUT2D eigenvalue weighted by atomic mass is 10.0. The normalized spacial score (nSPS) is 12.3. The Bertz CT molecular complexity index is 844. The molecule has 0 aromatic heterocycles. The highest BCUT2D eigenvalue weighted by Gasteiger charge is 2.15. The van der Waals surface area contributed by atoms with Crippen LogP contribution in [0.5, 0.6) is 11.5 Å². The van der Waals surface area contributed by atoms with Gasteiger partial charge in [0.2, 0.25) is 5.91 Å². The Labute approximate surface area is 171 Å². The molecule has 0 fully saturated rings. The summed E-state index contributed by atoms with van der Waals surface area (Å²) in [6, 6.07) is 13.1. The first-order valence-corrected chi connectivity index (χ1v) is 10.2. The van der Waals surface area contributed by atoms with Crippen LogP contribution in [0.1, 0.15) is 43.5 Å². The lowest BCUT2D eigenvalue weighted by molar-refractivity contribution is -0.116. The maximum atomic E-state index is 12.4. The number of ether oxygens (including phenoxy) is 2. The average molecular weight is 396 g/mol. The van der Waals surface area contributed by atoms with Gasteiger partial charge in [0, 0.05) is 42.9 Å². The fourth-order valence-corrected chi connectivity index (χ4v) is 3.34. The van der Waals surface area contributed by atoms with E-state index in [1.807, 2.05) is 24.3 Å². The number of carbonyl (C=O) groups is 2. The van der Waals surface area contributed by atoms with E-state index in [0.29, 0.717) is 49.5 Å². The van der Waals surface area contributed by atoms with Crippen molar-refractivity contribution in [2.75, 3.05) is 36.5 Å². The van der Waals surface area contributed by atoms with Gasteiger partial charge in [-0.1, -0.05) is 0 Å². The smallest absolute Gasteiger partial charge is 0.224 e. The van der Waals surface area contributed by atoms with Crippen molar-refractivity contribution in [3.05, 3.63) is 48.0 Å². The van der Waals surface area contributed by atoms with Crippen LogP contribution in [0.15, 0.2) is 42.5 Å². The zero-order valence-electron chi connectivity index (χ0n) is 17.1. The molecule has 29 heavy (non-hydrogen) atoms. The van der Waals surface area contributed by atoms with Crippen LogP contribution in [0.3, 0.4) is 0 Å². The minimum atomic E-state index is -0.0874. The van der Waals surface area contributed by atoms with Crippen LogP contribution in [0.25, 0.3) is 0 Å². The van der Waals surface area contributed by atoms with Crippen molar-refractivity contribution in [3.63, 3.8) is 0 Å². The van der Waals surface area contributed by atoms with E-state index >= 15 is 0 Å². The first-order valence-electron chi connectivity index (χ1n) is 10.2. The number of rotatable bonds is 9. The second-order valence-corrected chi connectivity index (χ2v) is 6.90. The summed E-state index contributed by atoms with van der Waals surface area (Å²) in [5, 5.41) is 2.89. The third-order valence-corrected chi connectivity index (χ3v) is 4.95. The van der Waals surface area contributed by atoms with E-state index < -0.39 is 0 Å². The SMILES string of the molecule is CCN(CC)c1ccc(NC(=O)CCCC(=O)c2ccc3c(c2)OCCO3)cc1. The summed E-state index contributed by atoms with van der Waals surface area (Å²) in [7, 11) is 0. The highest BCUT2D eigenvalue weighted by Crippen LogP contribution is 2.31. The molecule has 6 nitrogen and oxygen atoms in total. The summed E-state index contributed by atoms with van der Waals surface area (Å²) < 4.78 is 11.0. The Kier molecular flexibility index (Phi) is 7.11. The van der Waals surface area contributed by atoms with Gasteiger partial charge in [-0.3, -0.25) is 9.59 Å². The molecule has 2 aromatic carbocycles. The second kappa shape index (κ2) is 9.96. The van der Waals surface area contributed by atoms with E-state index in [2.05, 4.69) is 24.1 Å². The van der Waals surface area contributed by atoms with Crippen LogP contribution >= 0.6 is 0 Å². The molecule has 1 amide bonds. The number of nitrogens with zero attached hydrogens (tertiary/aromatic N) is 1. The Morgan fingerprint density at radius 1 is 0.931 bits per heavy atom. The van der Waals surface area contributed by atoms with Gasteiger partial charge in [-0.25, -0.2) is 0 Å². The molecule has 1 heterocycles. The lowest BCUT2D eigenvalue weighted by Crippen LogP contribution is -2.21. The van der Waals surface area contributed by atoms with E-state index in [0.717, 1.165) is 24.5 Å². The minimum Gasteiger partial charge on any atom is -0.486 e. The van der Waals surface area contributed by atoms with E-state index in [1.165, 1.54) is 0 Å². The van der Waals surface area contributed by atoms with Gasteiger partial charge in [0.05, 0.1) is 0 Å². The maximum absolute atomic E-state index is 12.4. The molecular weight excluding hydrogens is 368 g/mol. The van der Waals surface area contributed by atoms with Gasteiger partial charge in [-0.05, 0) is 62.7 Å². The zero-order chi connectivity index (χ0) is 20.6. The van der Waals surface area contributed by atoms with Crippen LogP contribution in [0, 0.1) is 0 Å². The van der Waals surface area contributed by atoms with Crippen molar-refractivity contribution in [1.29, 1.82) is 0 Å². The van der Waals surface area contributed by atoms with Crippen molar-refractivity contribution < 1.29 is 19.1 Å². The molecular formula is C23H28N2O4. The van der Waals surface area contributed by atoms with Crippen LogP contribution in [0.2, 0.25) is 0 Å². The molecule has 6 heteroatoms. The monoisotopic (exact) mass is 396 g/mol. The summed E-state index contributed by atoms with van der Waals surface area (Å²) >= 11 is 0. The number of ketones is 1. The van der Waals surface area contributed by atoms with E-state index in [9.17, 15) is 9.59 Å². The van der Waals surface area contributed by atoms with E-state index in [1.54, 1.807) is 18.2 Å². The largest absolute Gasteiger partial charge is 0.486 e. The third-order valence-electron chi connectivity index (χ3n) is 4.95. The number of hydrogen-bond donors (Lipinski definition) is 1. The van der Waals surface area contributed by atoms with Gasteiger partial charge in [-0.2, -0.15) is 0 Å². The molecule has 0 saturated carbocycles. The second-order valence-electron chi connectivity index (χ2n) is 6.90. The van der Waals surface area contributed by atoms with Gasteiger partial charge >= 0.3 is 0 Å². The zero-order valence-corrected chi connectivity index (χ0v) is 17.1. The minimum absolute atomic E-state index is 0.00153. The van der Waals surface area contributed by atoms with Gasteiger partial charge < -0.3 is 19.7 Å². The molecule has 1 N–H and O–H groups in total. The molecule has 1 aliphatic rings. The number of amides is 1. The quantitative estimate of drug-likeness (QED) is 0.640. The van der Waals surface area contributed by atoms with Crippen LogP contribution in [-0.2, 0) is 4.79 Å². The van der Waals surface area contributed by atoms with Crippen LogP contribution in [0.4, 0.5) is 11.4 Å². The molecule has 0 bridgehead atoms. The fraction of sp³-hybridized carbons (Fsp3) is 0.391. The fourth-order valence-electron chi connectivity index (χ4n) is 3.34. The first kappa shape index (κ1) is 20.7. The van der Waals surface area contributed by atoms with Crippen molar-refractivity contribution in [2.24, 2.45) is 0 Å². The summed E-state index contributed by atoms with van der Waals surface area (Å²) in [6.45, 7) is 7.13. The molecule has 1 aliphatic heterocycles. The Morgan fingerprint density at radius 2 is 1.62 bits per heavy atom. The Morgan fingerprint density at radius 3 is 2.31 bits per heavy atom. The van der Waals surface area contributed by atoms with Crippen molar-refractivity contribution in [3.8, 4) is 11.5 Å². The number of carbonyl (C=O) groups excluding carboxylic acids is 2. The molecule has 0 radical (unpaired) electrons. The van der Waals surface area contributed by atoms with Gasteiger partial charge in [0.25, 0.3) is 0 Å². The number of nitrogens with one attached hydrogen (secondary N) is 1. The molecule has 0 aliphatic carbocycles. The predicted octanol–water partition coefficient (Wildman–Crippen LogP) is 4.30. The van der Waals surface area contributed by atoms with E-state index in [4.69, 9.17) is 9.47 Å². The average Bonchev–Trinajstić information content (AvgIpc) is 2.75. The predicted molar refractivity (Wildman–Crippen MR) is 114 cm³/mol. The topological polar surface area (TPSA) is 67.9 Å². The highest BCUT2D eigenvalue weighted by molar-refractivity contribution is 5.97. The number of anilines is 2. The molecule has 0 spiro atoms. The van der Waals surface area contributed by atoms with Crippen molar-refractivity contribution in [1.82, 2.24) is 0 Å². The number of hydrogen-bond acceptors (Lipinski definition) is 5. The number of benzene rings is 2. The molecule has 0 saturated heterocycles.